The molecule has 5 nitrogen and oxygen atoms in total. The fourth-order valence-corrected chi connectivity index (χ4v) is 3.43. The molecule has 150 valence electrons. The SMILES string of the molecule is CC(C)C(C)n1cc2c(NC(C)(C)Cc3ccc(F)cc3)nc(Cl)nc2c1O. The smallest absolute Gasteiger partial charge is 0.225 e. The van der Waals surface area contributed by atoms with Gasteiger partial charge in [-0.3, -0.25) is 0 Å². The van der Waals surface area contributed by atoms with Crippen LogP contribution in [0.2, 0.25) is 5.28 Å². The van der Waals surface area contributed by atoms with Crippen LogP contribution in [0.25, 0.3) is 10.9 Å². The molecule has 0 saturated carbocycles. The Balaban J connectivity index is 1.97. The summed E-state index contributed by atoms with van der Waals surface area (Å²) in [5.74, 6) is 0.726. The molecule has 2 aromatic heterocycles. The van der Waals surface area contributed by atoms with Gasteiger partial charge in [-0.05, 0) is 62.4 Å². The third-order valence-corrected chi connectivity index (χ3v) is 5.23. The van der Waals surface area contributed by atoms with Gasteiger partial charge in [0.15, 0.2) is 0 Å². The van der Waals surface area contributed by atoms with Crippen molar-refractivity contribution in [3.63, 3.8) is 0 Å². The Bertz CT molecular complexity index is 982. The van der Waals surface area contributed by atoms with Crippen molar-refractivity contribution in [1.29, 1.82) is 0 Å². The summed E-state index contributed by atoms with van der Waals surface area (Å²) in [5.41, 5.74) is 1.04. The number of rotatable bonds is 6. The third kappa shape index (κ3) is 4.22. The minimum Gasteiger partial charge on any atom is -0.493 e. The lowest BCUT2D eigenvalue weighted by Crippen LogP contribution is -2.34. The molecule has 0 aliphatic heterocycles. The standard InChI is InChI=1S/C21H26ClFN4O/c1-12(2)13(3)27-11-16-17(19(27)28)24-20(22)25-18(16)26-21(4,5)10-14-6-8-15(23)9-7-14/h6-9,11-13,28H,10H2,1-5H3,(H,24,25,26). The zero-order chi connectivity index (χ0) is 20.6. The van der Waals surface area contributed by atoms with Gasteiger partial charge < -0.3 is 15.0 Å². The second-order valence-corrected chi connectivity index (χ2v) is 8.60. The summed E-state index contributed by atoms with van der Waals surface area (Å²) in [6.07, 6.45) is 2.52. The number of anilines is 1. The molecule has 0 aliphatic carbocycles. The molecular weight excluding hydrogens is 379 g/mol. The van der Waals surface area contributed by atoms with E-state index in [1.807, 2.05) is 27.0 Å². The molecular formula is C21H26ClFN4O. The van der Waals surface area contributed by atoms with Gasteiger partial charge in [-0.1, -0.05) is 26.0 Å². The Kier molecular flexibility index (Phi) is 5.53. The molecule has 7 heteroatoms. The van der Waals surface area contributed by atoms with Gasteiger partial charge in [-0.2, -0.15) is 0 Å². The van der Waals surface area contributed by atoms with E-state index in [1.165, 1.54) is 12.1 Å². The highest BCUT2D eigenvalue weighted by atomic mass is 35.5. The minimum atomic E-state index is -0.385. The van der Waals surface area contributed by atoms with Crippen LogP contribution < -0.4 is 5.32 Å². The summed E-state index contributed by atoms with van der Waals surface area (Å²) in [6, 6.07) is 6.54. The molecule has 1 aromatic carbocycles. The number of benzene rings is 1. The Labute approximate surface area is 169 Å². The molecule has 0 fully saturated rings. The number of aromatic nitrogens is 3. The van der Waals surface area contributed by atoms with Crippen LogP contribution in [0, 0.1) is 11.7 Å². The molecule has 0 aliphatic rings. The highest BCUT2D eigenvalue weighted by Crippen LogP contribution is 2.36. The Morgan fingerprint density at radius 1 is 1.18 bits per heavy atom. The maximum Gasteiger partial charge on any atom is 0.225 e. The molecule has 1 atom stereocenters. The Morgan fingerprint density at radius 2 is 1.82 bits per heavy atom. The first kappa shape index (κ1) is 20.4. The second kappa shape index (κ2) is 7.59. The molecule has 0 bridgehead atoms. The van der Waals surface area contributed by atoms with Gasteiger partial charge >= 0.3 is 0 Å². The lowest BCUT2D eigenvalue weighted by atomic mass is 9.95. The lowest BCUT2D eigenvalue weighted by Gasteiger charge is -2.27. The van der Waals surface area contributed by atoms with E-state index >= 15 is 0 Å². The quantitative estimate of drug-likeness (QED) is 0.526. The van der Waals surface area contributed by atoms with Gasteiger partial charge in [0.1, 0.15) is 17.2 Å². The van der Waals surface area contributed by atoms with Crippen LogP contribution in [0.4, 0.5) is 10.2 Å². The van der Waals surface area contributed by atoms with Gasteiger partial charge in [0.2, 0.25) is 11.2 Å². The van der Waals surface area contributed by atoms with Crippen molar-refractivity contribution in [2.45, 2.75) is 52.6 Å². The fourth-order valence-electron chi connectivity index (χ4n) is 3.26. The van der Waals surface area contributed by atoms with E-state index < -0.39 is 0 Å². The maximum absolute atomic E-state index is 13.2. The van der Waals surface area contributed by atoms with Gasteiger partial charge in [-0.25, -0.2) is 14.4 Å². The van der Waals surface area contributed by atoms with Crippen molar-refractivity contribution in [1.82, 2.24) is 14.5 Å². The van der Waals surface area contributed by atoms with E-state index in [4.69, 9.17) is 11.6 Å². The van der Waals surface area contributed by atoms with E-state index in [-0.39, 0.29) is 28.6 Å². The average molecular weight is 405 g/mol. The highest BCUT2D eigenvalue weighted by Gasteiger charge is 2.24. The number of fused-ring (bicyclic) bond motifs is 1. The Morgan fingerprint density at radius 3 is 2.43 bits per heavy atom. The van der Waals surface area contributed by atoms with E-state index in [0.29, 0.717) is 29.1 Å². The van der Waals surface area contributed by atoms with Crippen molar-refractivity contribution in [2.75, 3.05) is 5.32 Å². The Hall–Kier alpha value is -2.34. The van der Waals surface area contributed by atoms with Crippen LogP contribution in [0.3, 0.4) is 0 Å². The van der Waals surface area contributed by atoms with Crippen molar-refractivity contribution >= 4 is 28.3 Å². The number of halogens is 2. The van der Waals surface area contributed by atoms with E-state index in [1.54, 1.807) is 16.7 Å². The molecule has 3 rings (SSSR count). The van der Waals surface area contributed by atoms with E-state index in [2.05, 4.69) is 29.1 Å². The molecule has 28 heavy (non-hydrogen) atoms. The zero-order valence-corrected chi connectivity index (χ0v) is 17.5. The summed E-state index contributed by atoms with van der Waals surface area (Å²) in [6.45, 7) is 10.3. The third-order valence-electron chi connectivity index (χ3n) is 5.06. The van der Waals surface area contributed by atoms with Crippen LogP contribution in [0.1, 0.15) is 46.2 Å². The lowest BCUT2D eigenvalue weighted by molar-refractivity contribution is 0.345. The first-order chi connectivity index (χ1) is 13.1. The molecule has 0 radical (unpaired) electrons. The summed E-state index contributed by atoms with van der Waals surface area (Å²) in [7, 11) is 0. The van der Waals surface area contributed by atoms with Gasteiger partial charge in [0, 0.05) is 17.8 Å². The van der Waals surface area contributed by atoms with Crippen molar-refractivity contribution in [3.05, 3.63) is 47.1 Å². The van der Waals surface area contributed by atoms with E-state index in [9.17, 15) is 9.50 Å². The van der Waals surface area contributed by atoms with Gasteiger partial charge in [0.25, 0.3) is 0 Å². The normalized spacial score (nSPS) is 13.3. The molecule has 0 spiro atoms. The van der Waals surface area contributed by atoms with Gasteiger partial charge in [0.05, 0.1) is 5.39 Å². The van der Waals surface area contributed by atoms with Gasteiger partial charge in [-0.15, -0.1) is 0 Å². The second-order valence-electron chi connectivity index (χ2n) is 8.26. The summed E-state index contributed by atoms with van der Waals surface area (Å²) in [4.78, 5) is 8.58. The molecule has 0 amide bonds. The number of nitrogens with one attached hydrogen (secondary N) is 1. The van der Waals surface area contributed by atoms with Crippen LogP contribution in [0.5, 0.6) is 5.88 Å². The highest BCUT2D eigenvalue weighted by molar-refractivity contribution is 6.29. The minimum absolute atomic E-state index is 0.0674. The predicted molar refractivity (Wildman–Crippen MR) is 112 cm³/mol. The van der Waals surface area contributed by atoms with Crippen LogP contribution in [-0.4, -0.2) is 25.2 Å². The number of nitrogens with zero attached hydrogens (tertiary/aromatic N) is 3. The largest absolute Gasteiger partial charge is 0.493 e. The molecule has 3 aromatic rings. The monoisotopic (exact) mass is 404 g/mol. The first-order valence-corrected chi connectivity index (χ1v) is 9.75. The molecule has 2 heterocycles. The molecule has 0 saturated heterocycles. The first-order valence-electron chi connectivity index (χ1n) is 9.37. The predicted octanol–water partition coefficient (Wildman–Crippen LogP) is 5.58. The van der Waals surface area contributed by atoms with Crippen LogP contribution in [0.15, 0.2) is 30.5 Å². The van der Waals surface area contributed by atoms with Crippen molar-refractivity contribution in [2.24, 2.45) is 5.92 Å². The molecule has 1 unspecified atom stereocenters. The number of hydrogen-bond acceptors (Lipinski definition) is 4. The molecule has 2 N–H and O–H groups in total. The number of hydrogen-bond donors (Lipinski definition) is 2. The maximum atomic E-state index is 13.2. The average Bonchev–Trinajstić information content (AvgIpc) is 2.93. The topological polar surface area (TPSA) is 63.0 Å². The summed E-state index contributed by atoms with van der Waals surface area (Å²) >= 11 is 6.13. The van der Waals surface area contributed by atoms with E-state index in [0.717, 1.165) is 5.56 Å². The summed E-state index contributed by atoms with van der Waals surface area (Å²) < 4.78 is 15.0. The zero-order valence-electron chi connectivity index (χ0n) is 16.8. The fraction of sp³-hybridized carbons (Fsp3) is 0.429. The summed E-state index contributed by atoms with van der Waals surface area (Å²) in [5, 5.41) is 14.9. The van der Waals surface area contributed by atoms with Crippen molar-refractivity contribution < 1.29 is 9.50 Å². The number of aromatic hydroxyl groups is 1. The van der Waals surface area contributed by atoms with Crippen LogP contribution in [-0.2, 0) is 6.42 Å². The van der Waals surface area contributed by atoms with Crippen molar-refractivity contribution in [3.8, 4) is 5.88 Å². The van der Waals surface area contributed by atoms with Crippen LogP contribution >= 0.6 is 11.6 Å².